The lowest BCUT2D eigenvalue weighted by molar-refractivity contribution is 0.590. The third-order valence-electron chi connectivity index (χ3n) is 15.8. The Morgan fingerprint density at radius 1 is 0.411 bits per heavy atom. The molecule has 2 unspecified atom stereocenters. The van der Waals surface area contributed by atoms with Crippen molar-refractivity contribution < 1.29 is 8.98 Å². The maximum atomic E-state index is 16.9. The van der Waals surface area contributed by atoms with Crippen LogP contribution in [0.4, 0.5) is 17.1 Å². The van der Waals surface area contributed by atoms with Crippen molar-refractivity contribution in [3.05, 3.63) is 271 Å². The van der Waals surface area contributed by atoms with Crippen molar-refractivity contribution in [2.24, 2.45) is 0 Å². The Labute approximate surface area is 424 Å². The third kappa shape index (κ3) is 5.48. The average Bonchev–Trinajstić information content (AvgIpc) is 4.18. The zero-order valence-corrected chi connectivity index (χ0v) is 40.9. The smallest absolute Gasteiger partial charge is 0.171 e. The number of thiophene rings is 1. The van der Waals surface area contributed by atoms with Gasteiger partial charge in [0.05, 0.1) is 27.8 Å². The van der Waals surface area contributed by atoms with E-state index in [0.717, 1.165) is 93.9 Å². The summed E-state index contributed by atoms with van der Waals surface area (Å²) in [4.78, 5) is 2.44. The quantitative estimate of drug-likeness (QED) is 0.165. The molecule has 2 atom stereocenters. The number of fused-ring (bicyclic) bond motifs is 17. The second-order valence-corrected chi connectivity index (χ2v) is 23.2. The minimum Gasteiger partial charge on any atom is -0.456 e. The lowest BCUT2D eigenvalue weighted by atomic mass is 9.62. The molecule has 14 aromatic rings. The van der Waals surface area contributed by atoms with Crippen LogP contribution in [0.15, 0.2) is 253 Å². The second-order valence-electron chi connectivity index (χ2n) is 19.4. The van der Waals surface area contributed by atoms with Crippen LogP contribution >= 0.6 is 18.5 Å². The van der Waals surface area contributed by atoms with E-state index in [4.69, 9.17) is 4.42 Å². The zero-order chi connectivity index (χ0) is 48.0. The Kier molecular flexibility index (Phi) is 8.50. The van der Waals surface area contributed by atoms with E-state index in [1.807, 2.05) is 53.8 Å². The fraction of sp³-hybridized carbons (Fsp3) is 0.0149. The topological polar surface area (TPSA) is 38.4 Å². The number of anilines is 3. The van der Waals surface area contributed by atoms with Gasteiger partial charge in [0.25, 0.3) is 0 Å². The van der Waals surface area contributed by atoms with Crippen molar-refractivity contribution >= 4 is 115 Å². The van der Waals surface area contributed by atoms with E-state index in [9.17, 15) is 0 Å². The van der Waals surface area contributed by atoms with Crippen molar-refractivity contribution in [3.63, 3.8) is 0 Å². The maximum Gasteiger partial charge on any atom is 0.171 e. The summed E-state index contributed by atoms with van der Waals surface area (Å²) in [5.74, 6) is 0. The van der Waals surface area contributed by atoms with Gasteiger partial charge in [-0.15, -0.1) is 11.3 Å². The van der Waals surface area contributed by atoms with Crippen LogP contribution in [0.1, 0.15) is 22.3 Å². The summed E-state index contributed by atoms with van der Waals surface area (Å²) in [6, 6.07) is 89.3. The molecule has 1 spiro atoms. The first-order chi connectivity index (χ1) is 36.1. The molecule has 6 heteroatoms. The fourth-order valence-electron chi connectivity index (χ4n) is 12.8. The van der Waals surface area contributed by atoms with Gasteiger partial charge in [0, 0.05) is 69.0 Å². The minimum atomic E-state index is -3.51. The molecule has 2 aliphatic rings. The van der Waals surface area contributed by atoms with Crippen LogP contribution in [0, 0.1) is 0 Å². The summed E-state index contributed by atoms with van der Waals surface area (Å²) in [7, 11) is -3.51. The lowest BCUT2D eigenvalue weighted by Crippen LogP contribution is -2.49. The summed E-state index contributed by atoms with van der Waals surface area (Å²) in [5.41, 5.74) is 13.8. The summed E-state index contributed by atoms with van der Waals surface area (Å²) < 4.78 is 28.6. The van der Waals surface area contributed by atoms with Crippen molar-refractivity contribution in [1.29, 1.82) is 0 Å². The Morgan fingerprint density at radius 3 is 1.97 bits per heavy atom. The highest BCUT2D eigenvalue weighted by Crippen LogP contribution is 2.63. The molecule has 0 N–H and O–H groups in total. The molecular weight excluding hydrogens is 928 g/mol. The molecule has 4 nitrogen and oxygen atoms in total. The van der Waals surface area contributed by atoms with Gasteiger partial charge in [-0.1, -0.05) is 176 Å². The molecule has 73 heavy (non-hydrogen) atoms. The Bertz CT molecular complexity index is 4680. The molecule has 11 aromatic carbocycles. The second kappa shape index (κ2) is 15.1. The molecule has 0 amide bonds. The lowest BCUT2D eigenvalue weighted by Gasteiger charge is -2.50. The molecule has 0 aliphatic carbocycles. The molecule has 5 heterocycles. The molecule has 16 rings (SSSR count). The van der Waals surface area contributed by atoms with E-state index < -0.39 is 12.6 Å². The van der Waals surface area contributed by atoms with Crippen molar-refractivity contribution in [2.45, 2.75) is 5.41 Å². The van der Waals surface area contributed by atoms with Gasteiger partial charge in [-0.3, -0.25) is 0 Å². The van der Waals surface area contributed by atoms with E-state index in [0.29, 0.717) is 0 Å². The average molecular weight is 969 g/mol. The van der Waals surface area contributed by atoms with Crippen LogP contribution in [0.3, 0.4) is 0 Å². The van der Waals surface area contributed by atoms with E-state index in [-0.39, 0.29) is 0 Å². The molecule has 0 bridgehead atoms. The first-order valence-electron chi connectivity index (χ1n) is 24.8. The molecule has 2 aliphatic heterocycles. The SMILES string of the molecule is O=P1(c2ccccc2)c2ccccc2C2(c3ccccc3N(c3ccccc3)c3cc(-n4c5ccccc5c5cc(-c6cccc7c6sc6ccccc67)ccc54)ccc32)c2cc3c(cc21)oc1ccccc13. The normalized spacial score (nSPS) is 16.9. The number of para-hydroxylation sites is 4. The van der Waals surface area contributed by atoms with Gasteiger partial charge in [0.2, 0.25) is 0 Å². The van der Waals surface area contributed by atoms with Gasteiger partial charge < -0.3 is 18.4 Å². The maximum absolute atomic E-state index is 16.9. The number of hydrogen-bond donors (Lipinski definition) is 0. The number of benzene rings is 11. The van der Waals surface area contributed by atoms with E-state index in [2.05, 4.69) is 216 Å². The van der Waals surface area contributed by atoms with Gasteiger partial charge in [0.15, 0.2) is 7.14 Å². The van der Waals surface area contributed by atoms with Crippen LogP contribution < -0.4 is 20.8 Å². The summed E-state index contributed by atoms with van der Waals surface area (Å²) in [5, 5.41) is 9.47. The number of nitrogens with zero attached hydrogens (tertiary/aromatic N) is 2. The molecule has 0 saturated heterocycles. The van der Waals surface area contributed by atoms with Gasteiger partial charge >= 0.3 is 0 Å². The predicted octanol–water partition coefficient (Wildman–Crippen LogP) is 16.8. The number of rotatable bonds is 4. The highest BCUT2D eigenvalue weighted by molar-refractivity contribution is 7.85. The van der Waals surface area contributed by atoms with Crippen molar-refractivity contribution in [3.8, 4) is 16.8 Å². The first kappa shape index (κ1) is 40.9. The number of aromatic nitrogens is 1. The van der Waals surface area contributed by atoms with Crippen molar-refractivity contribution in [1.82, 2.24) is 4.57 Å². The Balaban J connectivity index is 1.00. The van der Waals surface area contributed by atoms with Gasteiger partial charge in [-0.05, 0) is 106 Å². The molecule has 0 radical (unpaired) electrons. The minimum absolute atomic E-state index is 0.728. The van der Waals surface area contributed by atoms with E-state index in [1.54, 1.807) is 0 Å². The molecule has 342 valence electrons. The van der Waals surface area contributed by atoms with Crippen molar-refractivity contribution in [2.75, 3.05) is 4.90 Å². The summed E-state index contributed by atoms with van der Waals surface area (Å²) in [6.45, 7) is 0. The predicted molar refractivity (Wildman–Crippen MR) is 306 cm³/mol. The molecule has 0 saturated carbocycles. The van der Waals surface area contributed by atoms with E-state index in [1.165, 1.54) is 42.1 Å². The van der Waals surface area contributed by atoms with Gasteiger partial charge in [0.1, 0.15) is 11.2 Å². The summed E-state index contributed by atoms with van der Waals surface area (Å²) in [6.07, 6.45) is 0. The monoisotopic (exact) mass is 968 g/mol. The van der Waals surface area contributed by atoms with Crippen LogP contribution in [0.25, 0.3) is 80.7 Å². The third-order valence-corrected chi connectivity index (χ3v) is 20.2. The van der Waals surface area contributed by atoms with Crippen LogP contribution in [-0.2, 0) is 9.98 Å². The first-order valence-corrected chi connectivity index (χ1v) is 27.4. The van der Waals surface area contributed by atoms with Crippen LogP contribution in [-0.4, -0.2) is 4.57 Å². The van der Waals surface area contributed by atoms with Gasteiger partial charge in [-0.2, -0.15) is 0 Å². The Hall–Kier alpha value is -8.73. The summed E-state index contributed by atoms with van der Waals surface area (Å²) >= 11 is 1.87. The fourth-order valence-corrected chi connectivity index (χ4v) is 17.2. The van der Waals surface area contributed by atoms with Gasteiger partial charge in [-0.25, -0.2) is 0 Å². The van der Waals surface area contributed by atoms with Crippen LogP contribution in [0.2, 0.25) is 0 Å². The largest absolute Gasteiger partial charge is 0.456 e. The number of hydrogen-bond acceptors (Lipinski definition) is 4. The molecule has 3 aromatic heterocycles. The molecular formula is C67H41N2O2PS. The standard InChI is InChI=1S/C67H41N2O2PS/c70-72(45-20-5-2-6-21-45)63-32-15-11-28-55(63)67(56-40-52-48-23-8-14-31-61(48)71-62(52)41-64(56)72)53-27-10-13-30-59(53)68(43-18-3-1-4-19-43)60-39-44(35-36-54(60)67)69-57-29-12-7-22-47(57)51-38-42(34-37-58(51)69)46-25-17-26-50-49-24-9-16-33-65(49)73-66(46)50/h1-41H. The highest BCUT2D eigenvalue weighted by Gasteiger charge is 2.55. The highest BCUT2D eigenvalue weighted by atomic mass is 32.1. The zero-order valence-electron chi connectivity index (χ0n) is 39.2. The Morgan fingerprint density at radius 2 is 1.10 bits per heavy atom. The molecule has 0 fully saturated rings. The van der Waals surface area contributed by atoms with Crippen LogP contribution in [0.5, 0.6) is 0 Å². The van der Waals surface area contributed by atoms with E-state index >= 15 is 4.57 Å². The number of furan rings is 1.